The number of ether oxygens (including phenoxy) is 2. The van der Waals surface area contributed by atoms with Crippen molar-refractivity contribution in [2.45, 2.75) is 32.7 Å². The summed E-state index contributed by atoms with van der Waals surface area (Å²) in [5.41, 5.74) is 0.722. The summed E-state index contributed by atoms with van der Waals surface area (Å²) in [6.45, 7) is 4.66. The number of nitrogens with one attached hydrogen (secondary N) is 1. The van der Waals surface area contributed by atoms with E-state index < -0.39 is 12.0 Å². The fourth-order valence-corrected chi connectivity index (χ4v) is 2.78. The highest BCUT2D eigenvalue weighted by molar-refractivity contribution is 9.10. The molecule has 0 unspecified atom stereocenters. The van der Waals surface area contributed by atoms with Crippen molar-refractivity contribution >= 4 is 27.8 Å². The van der Waals surface area contributed by atoms with Gasteiger partial charge < -0.3 is 19.9 Å². The van der Waals surface area contributed by atoms with Crippen LogP contribution in [0.4, 0.5) is 0 Å². The number of carbonyl (C=O) groups excluding carboxylic acids is 1. The Labute approximate surface area is 143 Å². The first-order valence-corrected chi connectivity index (χ1v) is 8.31. The number of benzene rings is 1. The van der Waals surface area contributed by atoms with Crippen molar-refractivity contribution in [1.29, 1.82) is 0 Å². The fourth-order valence-electron chi connectivity index (χ4n) is 2.32. The molecule has 1 aliphatic rings. The van der Waals surface area contributed by atoms with Crippen molar-refractivity contribution in [3.05, 3.63) is 22.2 Å². The Balaban J connectivity index is 2.09. The van der Waals surface area contributed by atoms with E-state index in [4.69, 9.17) is 9.47 Å². The van der Waals surface area contributed by atoms with E-state index in [-0.39, 0.29) is 18.2 Å². The molecule has 0 saturated heterocycles. The first kappa shape index (κ1) is 17.6. The third kappa shape index (κ3) is 4.37. The third-order valence-electron chi connectivity index (χ3n) is 3.86. The Morgan fingerprint density at radius 2 is 1.91 bits per heavy atom. The van der Waals surface area contributed by atoms with E-state index in [1.807, 2.05) is 6.92 Å². The van der Waals surface area contributed by atoms with Crippen LogP contribution in [0.25, 0.3) is 0 Å². The number of hydrogen-bond acceptors (Lipinski definition) is 4. The van der Waals surface area contributed by atoms with Gasteiger partial charge in [-0.1, -0.05) is 36.2 Å². The number of carbonyl (C=O) groups is 2. The molecule has 0 fully saturated rings. The van der Waals surface area contributed by atoms with Gasteiger partial charge in [0.15, 0.2) is 11.5 Å². The zero-order chi connectivity index (χ0) is 17.0. The maximum Gasteiger partial charge on any atom is 0.326 e. The van der Waals surface area contributed by atoms with Crippen LogP contribution in [-0.4, -0.2) is 36.2 Å². The molecule has 6 nitrogen and oxygen atoms in total. The summed E-state index contributed by atoms with van der Waals surface area (Å²) in [6, 6.07) is 2.63. The molecule has 0 radical (unpaired) electrons. The van der Waals surface area contributed by atoms with Crippen LogP contribution in [0.3, 0.4) is 0 Å². The molecule has 126 valence electrons. The molecular formula is C16H20BrNO5. The number of carboxylic acids is 1. The predicted molar refractivity (Wildman–Crippen MR) is 87.9 cm³/mol. The standard InChI is InChI=1S/C16H20BrNO5/c1-3-9(2)15(16(20)21)18-14(19)7-10-6-12-13(8-11(10)17)23-5-4-22-12/h6,8-9,15H,3-5,7H2,1-2H3,(H,18,19)(H,20,21)/t9-,15-/m0/s1. The molecule has 1 heterocycles. The largest absolute Gasteiger partial charge is 0.486 e. The molecule has 0 saturated carbocycles. The quantitative estimate of drug-likeness (QED) is 0.784. The van der Waals surface area contributed by atoms with Gasteiger partial charge in [-0.05, 0) is 23.6 Å². The average molecular weight is 386 g/mol. The minimum absolute atomic E-state index is 0.0669. The molecule has 1 aromatic carbocycles. The summed E-state index contributed by atoms with van der Waals surface area (Å²) in [5, 5.41) is 11.8. The Kier molecular flexibility index (Phi) is 5.87. The van der Waals surface area contributed by atoms with Crippen molar-refractivity contribution in [2.75, 3.05) is 13.2 Å². The highest BCUT2D eigenvalue weighted by Crippen LogP contribution is 2.35. The lowest BCUT2D eigenvalue weighted by Crippen LogP contribution is -2.45. The monoisotopic (exact) mass is 385 g/mol. The molecule has 2 atom stereocenters. The van der Waals surface area contributed by atoms with E-state index in [0.29, 0.717) is 31.1 Å². The van der Waals surface area contributed by atoms with Gasteiger partial charge in [0.05, 0.1) is 6.42 Å². The van der Waals surface area contributed by atoms with Gasteiger partial charge in [-0.3, -0.25) is 4.79 Å². The maximum atomic E-state index is 12.2. The van der Waals surface area contributed by atoms with Crippen molar-refractivity contribution < 1.29 is 24.2 Å². The smallest absolute Gasteiger partial charge is 0.326 e. The Bertz CT molecular complexity index is 604. The summed E-state index contributed by atoms with van der Waals surface area (Å²) in [7, 11) is 0. The summed E-state index contributed by atoms with van der Waals surface area (Å²) >= 11 is 3.41. The molecule has 0 aliphatic carbocycles. The lowest BCUT2D eigenvalue weighted by molar-refractivity contribution is -0.143. The number of rotatable bonds is 6. The van der Waals surface area contributed by atoms with Gasteiger partial charge in [0.2, 0.25) is 5.91 Å². The van der Waals surface area contributed by atoms with E-state index in [1.54, 1.807) is 19.1 Å². The van der Waals surface area contributed by atoms with Gasteiger partial charge in [-0.2, -0.15) is 0 Å². The maximum absolute atomic E-state index is 12.2. The summed E-state index contributed by atoms with van der Waals surface area (Å²) in [5.74, 6) is -0.265. The van der Waals surface area contributed by atoms with Crippen molar-refractivity contribution in [3.8, 4) is 11.5 Å². The van der Waals surface area contributed by atoms with Crippen LogP contribution in [0.1, 0.15) is 25.8 Å². The second-order valence-electron chi connectivity index (χ2n) is 5.53. The van der Waals surface area contributed by atoms with E-state index in [2.05, 4.69) is 21.2 Å². The zero-order valence-electron chi connectivity index (χ0n) is 13.1. The molecular weight excluding hydrogens is 366 g/mol. The Hall–Kier alpha value is -1.76. The molecule has 1 amide bonds. The second-order valence-corrected chi connectivity index (χ2v) is 6.39. The molecule has 7 heteroatoms. The van der Waals surface area contributed by atoms with E-state index in [1.165, 1.54) is 0 Å². The molecule has 1 aliphatic heterocycles. The fraction of sp³-hybridized carbons (Fsp3) is 0.500. The number of amides is 1. The van der Waals surface area contributed by atoms with Crippen molar-refractivity contribution in [1.82, 2.24) is 5.32 Å². The number of aliphatic carboxylic acids is 1. The van der Waals surface area contributed by atoms with Crippen molar-refractivity contribution in [3.63, 3.8) is 0 Å². The van der Waals surface area contributed by atoms with Gasteiger partial charge in [0.25, 0.3) is 0 Å². The molecule has 2 rings (SSSR count). The van der Waals surface area contributed by atoms with Crippen LogP contribution in [0.2, 0.25) is 0 Å². The number of halogens is 1. The SMILES string of the molecule is CC[C@H](C)[C@H](NC(=O)Cc1cc2c(cc1Br)OCCO2)C(=O)O. The van der Waals surface area contributed by atoms with Gasteiger partial charge in [0, 0.05) is 4.47 Å². The van der Waals surface area contributed by atoms with Gasteiger partial charge in [-0.15, -0.1) is 0 Å². The zero-order valence-corrected chi connectivity index (χ0v) is 14.7. The van der Waals surface area contributed by atoms with E-state index in [9.17, 15) is 14.7 Å². The van der Waals surface area contributed by atoms with Gasteiger partial charge in [-0.25, -0.2) is 4.79 Å². The average Bonchev–Trinajstić information content (AvgIpc) is 2.52. The van der Waals surface area contributed by atoms with Crippen LogP contribution in [0, 0.1) is 5.92 Å². The van der Waals surface area contributed by atoms with E-state index >= 15 is 0 Å². The van der Waals surface area contributed by atoms with Crippen molar-refractivity contribution in [2.24, 2.45) is 5.92 Å². The van der Waals surface area contributed by atoms with Gasteiger partial charge >= 0.3 is 5.97 Å². The van der Waals surface area contributed by atoms with Crippen LogP contribution in [-0.2, 0) is 16.0 Å². The summed E-state index contributed by atoms with van der Waals surface area (Å²) in [6.07, 6.45) is 0.738. The second kappa shape index (κ2) is 7.68. The van der Waals surface area contributed by atoms with Crippen LogP contribution < -0.4 is 14.8 Å². The topological polar surface area (TPSA) is 84.9 Å². The van der Waals surface area contributed by atoms with E-state index in [0.717, 1.165) is 10.0 Å². The normalized spacial score (nSPS) is 15.6. The highest BCUT2D eigenvalue weighted by Gasteiger charge is 2.26. The Morgan fingerprint density at radius 1 is 1.30 bits per heavy atom. The number of fused-ring (bicyclic) bond motifs is 1. The minimum Gasteiger partial charge on any atom is -0.486 e. The molecule has 1 aromatic rings. The predicted octanol–water partition coefficient (Wildman–Crippen LogP) is 2.38. The van der Waals surface area contributed by atoms with Crippen LogP contribution >= 0.6 is 15.9 Å². The Morgan fingerprint density at radius 3 is 2.48 bits per heavy atom. The molecule has 23 heavy (non-hydrogen) atoms. The molecule has 0 bridgehead atoms. The van der Waals surface area contributed by atoms with Gasteiger partial charge in [0.1, 0.15) is 19.3 Å². The molecule has 0 spiro atoms. The summed E-state index contributed by atoms with van der Waals surface area (Å²) in [4.78, 5) is 23.5. The lowest BCUT2D eigenvalue weighted by atomic mass is 9.99. The third-order valence-corrected chi connectivity index (χ3v) is 4.60. The number of carboxylic acid groups (broad SMARTS) is 1. The lowest BCUT2D eigenvalue weighted by Gasteiger charge is -2.21. The highest BCUT2D eigenvalue weighted by atomic mass is 79.9. The molecule has 0 aromatic heterocycles. The minimum atomic E-state index is -1.02. The van der Waals surface area contributed by atoms with Crippen LogP contribution in [0.5, 0.6) is 11.5 Å². The molecule has 2 N–H and O–H groups in total. The van der Waals surface area contributed by atoms with Crippen LogP contribution in [0.15, 0.2) is 16.6 Å². The first-order valence-electron chi connectivity index (χ1n) is 7.52. The summed E-state index contributed by atoms with van der Waals surface area (Å²) < 4.78 is 11.7. The first-order chi connectivity index (χ1) is 10.9. The number of hydrogen-bond donors (Lipinski definition) is 2.